The van der Waals surface area contributed by atoms with Crippen LogP contribution in [-0.2, 0) is 4.79 Å². The Morgan fingerprint density at radius 2 is 2.31 bits per heavy atom. The summed E-state index contributed by atoms with van der Waals surface area (Å²) in [7, 11) is 0. The second-order valence-corrected chi connectivity index (χ2v) is 3.39. The Kier molecular flexibility index (Phi) is 2.49. The van der Waals surface area contributed by atoms with E-state index in [1.54, 1.807) is 18.2 Å². The molecule has 0 bridgehead atoms. The number of fused-ring (bicyclic) bond motifs is 1. The normalized spacial score (nSPS) is 12.6. The number of carbonyl (C=O) groups excluding carboxylic acids is 1. The van der Waals surface area contributed by atoms with E-state index in [-0.39, 0.29) is 0 Å². The van der Waals surface area contributed by atoms with Crippen LogP contribution in [0.4, 0.5) is 5.69 Å². The summed E-state index contributed by atoms with van der Waals surface area (Å²) in [5, 5.41) is 11.5. The van der Waals surface area contributed by atoms with Crippen molar-refractivity contribution in [1.82, 2.24) is 4.98 Å². The number of aliphatic hydroxyl groups excluding tert-OH is 1. The maximum absolute atomic E-state index is 11.2. The first-order valence-corrected chi connectivity index (χ1v) is 4.68. The fourth-order valence-electron chi connectivity index (χ4n) is 1.28. The lowest BCUT2D eigenvalue weighted by atomic mass is 10.2. The van der Waals surface area contributed by atoms with Crippen LogP contribution in [0.5, 0.6) is 0 Å². The molecular weight excluding hydrogens is 212 g/mol. The van der Waals surface area contributed by atoms with Crippen LogP contribution in [0.1, 0.15) is 6.92 Å². The number of rotatable bonds is 2. The summed E-state index contributed by atoms with van der Waals surface area (Å²) < 4.78 is 4.80. The van der Waals surface area contributed by atoms with E-state index in [1.807, 2.05) is 0 Å². The molecule has 0 aliphatic heterocycles. The van der Waals surface area contributed by atoms with Gasteiger partial charge in [-0.3, -0.25) is 9.78 Å². The van der Waals surface area contributed by atoms with Gasteiger partial charge in [0.2, 0.25) is 0 Å². The lowest BCUT2D eigenvalue weighted by Crippen LogP contribution is -2.24. The Balaban J connectivity index is 2.32. The molecule has 0 spiro atoms. The summed E-state index contributed by atoms with van der Waals surface area (Å²) in [6, 6.07) is 4.70. The Bertz CT molecular complexity index is 582. The third-order valence-electron chi connectivity index (χ3n) is 2.07. The summed E-state index contributed by atoms with van der Waals surface area (Å²) in [5.74, 6) is -1.06. The number of aliphatic hydroxyl groups is 1. The molecule has 0 fully saturated rings. The van der Waals surface area contributed by atoms with Crippen LogP contribution < -0.4 is 11.1 Å². The Morgan fingerprint density at radius 1 is 1.56 bits per heavy atom. The van der Waals surface area contributed by atoms with Crippen molar-refractivity contribution in [3.05, 3.63) is 28.7 Å². The number of carbonyl (C=O) groups is 1. The van der Waals surface area contributed by atoms with E-state index >= 15 is 0 Å². The van der Waals surface area contributed by atoms with Crippen LogP contribution in [-0.4, -0.2) is 22.1 Å². The van der Waals surface area contributed by atoms with Gasteiger partial charge in [0.05, 0.1) is 5.52 Å². The maximum atomic E-state index is 11.2. The molecule has 1 aromatic carbocycles. The zero-order valence-corrected chi connectivity index (χ0v) is 8.48. The number of hydrogen-bond donors (Lipinski definition) is 3. The van der Waals surface area contributed by atoms with Crippen LogP contribution in [0, 0.1) is 0 Å². The fraction of sp³-hybridized carbons (Fsp3) is 0.200. The molecule has 1 heterocycles. The predicted molar refractivity (Wildman–Crippen MR) is 57.1 cm³/mol. The summed E-state index contributed by atoms with van der Waals surface area (Å²) >= 11 is 0. The minimum atomic E-state index is -1.08. The van der Waals surface area contributed by atoms with E-state index in [4.69, 9.17) is 9.52 Å². The van der Waals surface area contributed by atoms with Gasteiger partial charge in [0, 0.05) is 5.69 Å². The third kappa shape index (κ3) is 1.96. The number of benzene rings is 1. The SMILES string of the molecule is CC(O)C(=O)Nc1ccc2oc(=O)[nH]c2c1. The van der Waals surface area contributed by atoms with Gasteiger partial charge in [0.25, 0.3) is 5.91 Å². The molecule has 1 aromatic heterocycles. The molecule has 0 saturated heterocycles. The molecular formula is C10H10N2O4. The number of aromatic amines is 1. The molecule has 1 unspecified atom stereocenters. The van der Waals surface area contributed by atoms with Crippen molar-refractivity contribution in [2.75, 3.05) is 5.32 Å². The number of hydrogen-bond acceptors (Lipinski definition) is 4. The number of oxazole rings is 1. The third-order valence-corrected chi connectivity index (χ3v) is 2.07. The Labute approximate surface area is 89.9 Å². The van der Waals surface area contributed by atoms with Crippen LogP contribution in [0.3, 0.4) is 0 Å². The van der Waals surface area contributed by atoms with Crippen molar-refractivity contribution in [1.29, 1.82) is 0 Å². The molecule has 1 amide bonds. The van der Waals surface area contributed by atoms with Gasteiger partial charge in [-0.1, -0.05) is 0 Å². The van der Waals surface area contributed by atoms with Crippen molar-refractivity contribution in [2.24, 2.45) is 0 Å². The van der Waals surface area contributed by atoms with Crippen molar-refractivity contribution in [3.63, 3.8) is 0 Å². The first kappa shape index (κ1) is 10.4. The molecule has 2 rings (SSSR count). The predicted octanol–water partition coefficient (Wildman–Crippen LogP) is 0.440. The molecule has 16 heavy (non-hydrogen) atoms. The summed E-state index contributed by atoms with van der Waals surface area (Å²) in [4.78, 5) is 24.5. The second kappa shape index (κ2) is 3.82. The quantitative estimate of drug-likeness (QED) is 0.687. The van der Waals surface area contributed by atoms with Crippen LogP contribution in [0.15, 0.2) is 27.4 Å². The van der Waals surface area contributed by atoms with E-state index in [0.717, 1.165) is 0 Å². The Hall–Kier alpha value is -2.08. The minimum absolute atomic E-state index is 0.417. The number of H-pyrrole nitrogens is 1. The highest BCUT2D eigenvalue weighted by Gasteiger charge is 2.09. The van der Waals surface area contributed by atoms with Crippen molar-refractivity contribution >= 4 is 22.7 Å². The Morgan fingerprint density at radius 3 is 3.00 bits per heavy atom. The number of nitrogens with one attached hydrogen (secondary N) is 2. The molecule has 84 valence electrons. The first-order valence-electron chi connectivity index (χ1n) is 4.68. The van der Waals surface area contributed by atoms with Gasteiger partial charge >= 0.3 is 5.76 Å². The van der Waals surface area contributed by atoms with E-state index in [0.29, 0.717) is 16.8 Å². The fourth-order valence-corrected chi connectivity index (χ4v) is 1.28. The van der Waals surface area contributed by atoms with Gasteiger partial charge in [0.15, 0.2) is 5.58 Å². The van der Waals surface area contributed by atoms with E-state index in [1.165, 1.54) is 6.92 Å². The van der Waals surface area contributed by atoms with Gasteiger partial charge in [0.1, 0.15) is 6.10 Å². The van der Waals surface area contributed by atoms with Gasteiger partial charge in [-0.2, -0.15) is 0 Å². The zero-order valence-electron chi connectivity index (χ0n) is 8.48. The summed E-state index contributed by atoms with van der Waals surface area (Å²) in [6.45, 7) is 1.37. The van der Waals surface area contributed by atoms with Crippen molar-refractivity contribution in [3.8, 4) is 0 Å². The average Bonchev–Trinajstić information content (AvgIpc) is 2.57. The number of aromatic nitrogens is 1. The van der Waals surface area contributed by atoms with E-state index in [9.17, 15) is 9.59 Å². The standard InChI is InChI=1S/C10H10N2O4/c1-5(13)9(14)11-6-2-3-8-7(4-6)12-10(15)16-8/h2-5,13H,1H3,(H,11,14)(H,12,15). The zero-order chi connectivity index (χ0) is 11.7. The van der Waals surface area contributed by atoms with Gasteiger partial charge in [-0.15, -0.1) is 0 Å². The van der Waals surface area contributed by atoms with Gasteiger partial charge in [-0.05, 0) is 25.1 Å². The highest BCUT2D eigenvalue weighted by atomic mass is 16.4. The molecule has 6 heteroatoms. The molecule has 0 aliphatic carbocycles. The topological polar surface area (TPSA) is 95.3 Å². The molecule has 1 atom stereocenters. The van der Waals surface area contributed by atoms with E-state index in [2.05, 4.69) is 10.3 Å². The lowest BCUT2D eigenvalue weighted by Gasteiger charge is -2.06. The lowest BCUT2D eigenvalue weighted by molar-refractivity contribution is -0.123. The highest BCUT2D eigenvalue weighted by molar-refractivity contribution is 5.95. The molecule has 6 nitrogen and oxygen atoms in total. The summed E-state index contributed by atoms with van der Waals surface area (Å²) in [6.07, 6.45) is -1.08. The molecule has 2 aromatic rings. The molecule has 3 N–H and O–H groups in total. The highest BCUT2D eigenvalue weighted by Crippen LogP contribution is 2.16. The molecule has 0 aliphatic rings. The van der Waals surface area contributed by atoms with Gasteiger partial charge < -0.3 is 14.8 Å². The number of amides is 1. The summed E-state index contributed by atoms with van der Waals surface area (Å²) in [5.41, 5.74) is 1.39. The van der Waals surface area contributed by atoms with Crippen molar-refractivity contribution in [2.45, 2.75) is 13.0 Å². The maximum Gasteiger partial charge on any atom is 0.417 e. The average molecular weight is 222 g/mol. The van der Waals surface area contributed by atoms with Crippen LogP contribution >= 0.6 is 0 Å². The monoisotopic (exact) mass is 222 g/mol. The minimum Gasteiger partial charge on any atom is -0.408 e. The van der Waals surface area contributed by atoms with E-state index < -0.39 is 17.8 Å². The van der Waals surface area contributed by atoms with Crippen LogP contribution in [0.2, 0.25) is 0 Å². The van der Waals surface area contributed by atoms with Gasteiger partial charge in [-0.25, -0.2) is 4.79 Å². The largest absolute Gasteiger partial charge is 0.417 e. The molecule has 0 radical (unpaired) electrons. The second-order valence-electron chi connectivity index (χ2n) is 3.39. The first-order chi connectivity index (χ1) is 7.56. The van der Waals surface area contributed by atoms with Crippen molar-refractivity contribution < 1.29 is 14.3 Å². The molecule has 0 saturated carbocycles. The van der Waals surface area contributed by atoms with Crippen LogP contribution in [0.25, 0.3) is 11.1 Å². The number of anilines is 1. The smallest absolute Gasteiger partial charge is 0.408 e.